The number of aliphatic hydroxyl groups excluding tert-OH is 2. The van der Waals surface area contributed by atoms with Crippen LogP contribution >= 0.6 is 0 Å². The minimum Gasteiger partial charge on any atom is -0.394 e. The van der Waals surface area contributed by atoms with Crippen molar-refractivity contribution in [3.05, 3.63) is 0 Å². The van der Waals surface area contributed by atoms with E-state index in [9.17, 15) is 0 Å². The molecule has 0 amide bonds. The van der Waals surface area contributed by atoms with Crippen LogP contribution in [0.15, 0.2) is 0 Å². The molecule has 0 bridgehead atoms. The third-order valence-corrected chi connectivity index (χ3v) is 4.57. The summed E-state index contributed by atoms with van der Waals surface area (Å²) in [7, 11) is 0. The van der Waals surface area contributed by atoms with Gasteiger partial charge in [0.1, 0.15) is 6.79 Å². The standard InChI is InChI=1S/C12H28N2O2.C11H24N2O6/c1-9(2)10(15-7-11(3,4)13)16-8-12(5,6)14;1-9(18-6-10(12,2-14)3-15)19-7-11(13)4-16-8-17-5-11/h9-10H,7-8,13-14H2,1-6H3;9,14-15H,2-8,12-13H2,1H3. The summed E-state index contributed by atoms with van der Waals surface area (Å²) < 4.78 is 32.3. The highest BCUT2D eigenvalue weighted by molar-refractivity contribution is 4.85. The number of rotatable bonds is 15. The first-order chi connectivity index (χ1) is 15.9. The smallest absolute Gasteiger partial charge is 0.160 e. The van der Waals surface area contributed by atoms with Crippen LogP contribution in [0.2, 0.25) is 0 Å². The molecular weight excluding hydrogens is 460 g/mol. The van der Waals surface area contributed by atoms with Gasteiger partial charge in [-0.15, -0.1) is 0 Å². The second kappa shape index (κ2) is 15.7. The maximum atomic E-state index is 9.01. The Bertz CT molecular complexity index is 527. The molecule has 1 aliphatic heterocycles. The molecule has 0 aromatic carbocycles. The summed E-state index contributed by atoms with van der Waals surface area (Å²) in [6, 6.07) is 0. The van der Waals surface area contributed by atoms with E-state index in [1.54, 1.807) is 6.92 Å². The molecule has 0 spiro atoms. The first-order valence-corrected chi connectivity index (χ1v) is 11.9. The lowest BCUT2D eigenvalue weighted by molar-refractivity contribution is -0.189. The first-order valence-electron chi connectivity index (χ1n) is 11.9. The number of hydrogen-bond donors (Lipinski definition) is 6. The van der Waals surface area contributed by atoms with Gasteiger partial charge in [0.25, 0.3) is 0 Å². The Labute approximate surface area is 210 Å². The van der Waals surface area contributed by atoms with Crippen molar-refractivity contribution < 1.29 is 38.6 Å². The average molecular weight is 513 g/mol. The van der Waals surface area contributed by atoms with Gasteiger partial charge in [0, 0.05) is 17.0 Å². The van der Waals surface area contributed by atoms with Gasteiger partial charge in [-0.2, -0.15) is 0 Å². The van der Waals surface area contributed by atoms with Crippen LogP contribution in [0, 0.1) is 5.92 Å². The molecule has 212 valence electrons. The monoisotopic (exact) mass is 512 g/mol. The maximum Gasteiger partial charge on any atom is 0.160 e. The summed E-state index contributed by atoms with van der Waals surface area (Å²) in [6.45, 7) is 14.8. The highest BCUT2D eigenvalue weighted by Gasteiger charge is 2.31. The maximum absolute atomic E-state index is 9.01. The van der Waals surface area contributed by atoms with Crippen molar-refractivity contribution in [3.8, 4) is 0 Å². The third-order valence-electron chi connectivity index (χ3n) is 4.57. The molecule has 12 heteroatoms. The minimum absolute atomic E-state index is 0.0221. The molecule has 0 saturated carbocycles. The largest absolute Gasteiger partial charge is 0.394 e. The Balaban J connectivity index is 0.000000672. The quantitative estimate of drug-likeness (QED) is 0.150. The molecule has 1 heterocycles. The second-order valence-corrected chi connectivity index (χ2v) is 11.3. The number of nitrogens with two attached hydrogens (primary N) is 4. The molecule has 1 unspecified atom stereocenters. The van der Waals surface area contributed by atoms with Gasteiger partial charge in [0.15, 0.2) is 12.6 Å². The van der Waals surface area contributed by atoms with Crippen molar-refractivity contribution in [2.75, 3.05) is 59.6 Å². The van der Waals surface area contributed by atoms with Crippen LogP contribution in [-0.4, -0.2) is 105 Å². The molecule has 1 saturated heterocycles. The van der Waals surface area contributed by atoms with Gasteiger partial charge in [-0.05, 0) is 34.6 Å². The van der Waals surface area contributed by atoms with Gasteiger partial charge in [0.05, 0.1) is 63.9 Å². The van der Waals surface area contributed by atoms with Crippen molar-refractivity contribution in [2.24, 2.45) is 28.9 Å². The van der Waals surface area contributed by atoms with Crippen LogP contribution in [0.3, 0.4) is 0 Å². The number of ether oxygens (including phenoxy) is 6. The summed E-state index contributed by atoms with van der Waals surface area (Å²) in [4.78, 5) is 0. The Morgan fingerprint density at radius 1 is 0.800 bits per heavy atom. The highest BCUT2D eigenvalue weighted by atomic mass is 16.7. The van der Waals surface area contributed by atoms with Crippen molar-refractivity contribution in [1.82, 2.24) is 0 Å². The van der Waals surface area contributed by atoms with Crippen molar-refractivity contribution >= 4 is 0 Å². The van der Waals surface area contributed by atoms with E-state index in [4.69, 9.17) is 61.6 Å². The van der Waals surface area contributed by atoms with Crippen molar-refractivity contribution in [3.63, 3.8) is 0 Å². The zero-order chi connectivity index (χ0) is 27.3. The van der Waals surface area contributed by atoms with Crippen molar-refractivity contribution in [1.29, 1.82) is 0 Å². The van der Waals surface area contributed by atoms with Gasteiger partial charge >= 0.3 is 0 Å². The van der Waals surface area contributed by atoms with Crippen LogP contribution in [-0.2, 0) is 28.4 Å². The predicted molar refractivity (Wildman–Crippen MR) is 133 cm³/mol. The normalized spacial score (nSPS) is 17.9. The molecule has 35 heavy (non-hydrogen) atoms. The van der Waals surface area contributed by atoms with E-state index in [2.05, 4.69) is 13.8 Å². The molecule has 12 nitrogen and oxygen atoms in total. The molecule has 1 fully saturated rings. The molecule has 1 aliphatic rings. The Morgan fingerprint density at radius 3 is 1.63 bits per heavy atom. The van der Waals surface area contributed by atoms with Gasteiger partial charge in [-0.1, -0.05) is 13.8 Å². The minimum atomic E-state index is -1.17. The van der Waals surface area contributed by atoms with E-state index >= 15 is 0 Å². The molecule has 0 aromatic rings. The zero-order valence-electron chi connectivity index (χ0n) is 22.7. The molecular formula is C23H52N4O8. The van der Waals surface area contributed by atoms with E-state index < -0.39 is 17.4 Å². The van der Waals surface area contributed by atoms with Gasteiger partial charge in [0.2, 0.25) is 0 Å². The molecule has 0 aromatic heterocycles. The lowest BCUT2D eigenvalue weighted by atomic mass is 10.1. The van der Waals surface area contributed by atoms with E-state index in [-0.39, 0.29) is 56.5 Å². The van der Waals surface area contributed by atoms with Crippen LogP contribution in [0.4, 0.5) is 0 Å². The Hall–Kier alpha value is -0.480. The summed E-state index contributed by atoms with van der Waals surface area (Å²) in [5, 5.41) is 18.0. The summed E-state index contributed by atoms with van der Waals surface area (Å²) in [6.07, 6.45) is -0.811. The fourth-order valence-electron chi connectivity index (χ4n) is 2.46. The predicted octanol–water partition coefficient (Wildman–Crippen LogP) is -0.774. The van der Waals surface area contributed by atoms with Crippen LogP contribution < -0.4 is 22.9 Å². The molecule has 0 aliphatic carbocycles. The van der Waals surface area contributed by atoms with E-state index in [1.807, 2.05) is 27.7 Å². The first kappa shape index (κ1) is 34.5. The Morgan fingerprint density at radius 2 is 1.26 bits per heavy atom. The lowest BCUT2D eigenvalue weighted by Gasteiger charge is -2.34. The highest BCUT2D eigenvalue weighted by Crippen LogP contribution is 2.13. The topological polar surface area (TPSA) is 200 Å². The SMILES string of the molecule is CC(C)C(OCC(C)(C)N)OCC(C)(C)N.CC(OCC(N)(CO)CO)OCC1(N)COCOC1. The molecule has 0 radical (unpaired) electrons. The fourth-order valence-corrected chi connectivity index (χ4v) is 2.46. The van der Waals surface area contributed by atoms with E-state index in [0.717, 1.165) is 0 Å². The van der Waals surface area contributed by atoms with Crippen molar-refractivity contribution in [2.45, 2.75) is 83.2 Å². The van der Waals surface area contributed by atoms with Crippen LogP contribution in [0.25, 0.3) is 0 Å². The van der Waals surface area contributed by atoms with Crippen LogP contribution in [0.5, 0.6) is 0 Å². The second-order valence-electron chi connectivity index (χ2n) is 11.3. The summed E-state index contributed by atoms with van der Waals surface area (Å²) >= 11 is 0. The van der Waals surface area contributed by atoms with Gasteiger partial charge in [-0.25, -0.2) is 0 Å². The lowest BCUT2D eigenvalue weighted by Crippen LogP contribution is -2.56. The van der Waals surface area contributed by atoms with Gasteiger partial charge in [-0.3, -0.25) is 0 Å². The number of hydrogen-bond acceptors (Lipinski definition) is 12. The average Bonchev–Trinajstić information content (AvgIpc) is 2.75. The van der Waals surface area contributed by atoms with Crippen LogP contribution in [0.1, 0.15) is 48.5 Å². The summed E-state index contributed by atoms with van der Waals surface area (Å²) in [5.74, 6) is 0.282. The molecule has 1 rings (SSSR count). The molecule has 10 N–H and O–H groups in total. The zero-order valence-corrected chi connectivity index (χ0v) is 22.7. The fraction of sp³-hybridized carbons (Fsp3) is 1.00. The van der Waals surface area contributed by atoms with E-state index in [1.165, 1.54) is 0 Å². The number of aliphatic hydroxyl groups is 2. The molecule has 1 atom stereocenters. The Kier molecular flexibility index (Phi) is 15.5. The third kappa shape index (κ3) is 17.6. The van der Waals surface area contributed by atoms with Gasteiger partial charge < -0.3 is 61.6 Å². The summed E-state index contributed by atoms with van der Waals surface area (Å²) in [5.41, 5.74) is 20.9. The van der Waals surface area contributed by atoms with E-state index in [0.29, 0.717) is 26.4 Å².